The molecule has 2 aromatic carbocycles. The van der Waals surface area contributed by atoms with E-state index in [4.69, 9.17) is 14.6 Å². The number of pyridine rings is 1. The number of para-hydroxylation sites is 1. The Hall–Kier alpha value is -3.71. The molecule has 198 valence electrons. The fourth-order valence-electron chi connectivity index (χ4n) is 3.92. The Morgan fingerprint density at radius 2 is 1.70 bits per heavy atom. The number of carbonyl (C=O) groups is 2. The third-order valence-corrected chi connectivity index (χ3v) is 6.14. The zero-order valence-electron chi connectivity index (χ0n) is 21.9. The van der Waals surface area contributed by atoms with Crippen molar-refractivity contribution < 1.29 is 24.5 Å². The Bertz CT molecular complexity index is 1070. The van der Waals surface area contributed by atoms with Crippen LogP contribution in [0.25, 0.3) is 11.1 Å². The van der Waals surface area contributed by atoms with Gasteiger partial charge in [0.25, 0.3) is 12.4 Å². The predicted octanol–water partition coefficient (Wildman–Crippen LogP) is 6.34. The van der Waals surface area contributed by atoms with Crippen LogP contribution in [0, 0.1) is 0 Å². The van der Waals surface area contributed by atoms with Gasteiger partial charge in [-0.15, -0.1) is 0 Å². The molecule has 3 aromatic rings. The number of nitrogens with zero attached hydrogens (tertiary/aromatic N) is 2. The van der Waals surface area contributed by atoms with E-state index in [-0.39, 0.29) is 18.4 Å². The van der Waals surface area contributed by atoms with Crippen LogP contribution in [0.15, 0.2) is 73.1 Å². The van der Waals surface area contributed by atoms with Gasteiger partial charge in [-0.2, -0.15) is 0 Å². The van der Waals surface area contributed by atoms with Gasteiger partial charge in [-0.05, 0) is 55.2 Å². The van der Waals surface area contributed by atoms with E-state index in [1.54, 1.807) is 17.3 Å². The van der Waals surface area contributed by atoms with Gasteiger partial charge in [0.1, 0.15) is 5.75 Å². The lowest BCUT2D eigenvalue weighted by molar-refractivity contribution is -0.122. The van der Waals surface area contributed by atoms with Crippen molar-refractivity contribution in [3.63, 3.8) is 0 Å². The average molecular weight is 507 g/mol. The van der Waals surface area contributed by atoms with E-state index in [2.05, 4.69) is 11.9 Å². The molecule has 0 spiro atoms. The molecule has 0 bridgehead atoms. The van der Waals surface area contributed by atoms with E-state index in [0.717, 1.165) is 30.4 Å². The quantitative estimate of drug-likeness (QED) is 0.169. The van der Waals surface area contributed by atoms with Crippen molar-refractivity contribution in [3.05, 3.63) is 84.2 Å². The number of aliphatic hydroxyl groups is 1. The molecule has 0 aliphatic carbocycles. The summed E-state index contributed by atoms with van der Waals surface area (Å²) in [7, 11) is 0. The number of carboxylic acid groups (broad SMARTS) is 1. The van der Waals surface area contributed by atoms with Crippen molar-refractivity contribution in [2.75, 3.05) is 6.61 Å². The molecule has 2 N–H and O–H groups in total. The number of aromatic nitrogens is 1. The van der Waals surface area contributed by atoms with Crippen LogP contribution in [0.3, 0.4) is 0 Å². The van der Waals surface area contributed by atoms with Crippen LogP contribution in [0.1, 0.15) is 75.0 Å². The lowest BCUT2D eigenvalue weighted by Gasteiger charge is -2.34. The second-order valence-corrected chi connectivity index (χ2v) is 8.71. The van der Waals surface area contributed by atoms with Gasteiger partial charge in [0.15, 0.2) is 6.23 Å². The number of ether oxygens (including phenoxy) is 1. The summed E-state index contributed by atoms with van der Waals surface area (Å²) >= 11 is 0. The average Bonchev–Trinajstić information content (AvgIpc) is 2.94. The first-order valence-corrected chi connectivity index (χ1v) is 12.8. The molecule has 7 nitrogen and oxygen atoms in total. The summed E-state index contributed by atoms with van der Waals surface area (Å²) in [4.78, 5) is 27.6. The van der Waals surface area contributed by atoms with E-state index in [9.17, 15) is 9.90 Å². The van der Waals surface area contributed by atoms with Crippen molar-refractivity contribution in [3.8, 4) is 16.9 Å². The van der Waals surface area contributed by atoms with Crippen LogP contribution in [-0.4, -0.2) is 45.1 Å². The number of aliphatic hydroxyl groups excluding tert-OH is 1. The first-order chi connectivity index (χ1) is 18.0. The monoisotopic (exact) mass is 506 g/mol. The highest BCUT2D eigenvalue weighted by atomic mass is 16.5. The van der Waals surface area contributed by atoms with Crippen molar-refractivity contribution in [2.24, 2.45) is 0 Å². The van der Waals surface area contributed by atoms with E-state index in [1.165, 1.54) is 12.8 Å². The number of carbonyl (C=O) groups excluding carboxylic acids is 1. The maximum Gasteiger partial charge on any atom is 0.290 e. The van der Waals surface area contributed by atoms with E-state index < -0.39 is 6.23 Å². The zero-order valence-corrected chi connectivity index (χ0v) is 21.9. The molecule has 37 heavy (non-hydrogen) atoms. The molecule has 0 saturated carbocycles. The summed E-state index contributed by atoms with van der Waals surface area (Å²) in [5.74, 6) is 0.414. The Morgan fingerprint density at radius 3 is 2.32 bits per heavy atom. The summed E-state index contributed by atoms with van der Waals surface area (Å²) in [6, 6.07) is 18.6. The topological polar surface area (TPSA) is 100.0 Å². The number of rotatable bonds is 12. The molecule has 0 aliphatic heterocycles. The van der Waals surface area contributed by atoms with Crippen LogP contribution in [-0.2, 0) is 4.79 Å². The summed E-state index contributed by atoms with van der Waals surface area (Å²) < 4.78 is 6.01. The Balaban J connectivity index is 0.00000153. The maximum atomic E-state index is 13.6. The van der Waals surface area contributed by atoms with Crippen molar-refractivity contribution in [1.29, 1.82) is 0 Å². The molecule has 0 saturated heterocycles. The molecule has 2 unspecified atom stereocenters. The van der Waals surface area contributed by atoms with Crippen LogP contribution in [0.5, 0.6) is 5.75 Å². The number of hydrogen-bond acceptors (Lipinski definition) is 5. The van der Waals surface area contributed by atoms with E-state index in [1.807, 2.05) is 74.5 Å². The molecule has 7 heteroatoms. The predicted molar refractivity (Wildman–Crippen MR) is 145 cm³/mol. The third kappa shape index (κ3) is 8.72. The van der Waals surface area contributed by atoms with Gasteiger partial charge in [-0.3, -0.25) is 14.6 Å². The van der Waals surface area contributed by atoms with Crippen molar-refractivity contribution in [1.82, 2.24) is 9.88 Å². The van der Waals surface area contributed by atoms with Gasteiger partial charge < -0.3 is 19.8 Å². The normalized spacial score (nSPS) is 12.0. The van der Waals surface area contributed by atoms with E-state index in [0.29, 0.717) is 23.5 Å². The molecule has 3 rings (SSSR count). The molecule has 0 radical (unpaired) electrons. The van der Waals surface area contributed by atoms with Gasteiger partial charge in [-0.25, -0.2) is 0 Å². The Kier molecular flexibility index (Phi) is 12.9. The molecule has 1 amide bonds. The van der Waals surface area contributed by atoms with E-state index >= 15 is 0 Å². The molecular weight excluding hydrogens is 468 g/mol. The summed E-state index contributed by atoms with van der Waals surface area (Å²) in [6.45, 7) is 6.49. The highest BCUT2D eigenvalue weighted by Crippen LogP contribution is 2.31. The number of unbranched alkanes of at least 4 members (excludes halogenated alkanes) is 3. The minimum Gasteiger partial charge on any atom is -0.493 e. The first-order valence-electron chi connectivity index (χ1n) is 12.8. The van der Waals surface area contributed by atoms with Gasteiger partial charge >= 0.3 is 0 Å². The molecule has 1 aromatic heterocycles. The summed E-state index contributed by atoms with van der Waals surface area (Å²) in [5, 5.41) is 18.3. The summed E-state index contributed by atoms with van der Waals surface area (Å²) in [5.41, 5.74) is 3.12. The van der Waals surface area contributed by atoms with Crippen LogP contribution >= 0.6 is 0 Å². The van der Waals surface area contributed by atoms with Gasteiger partial charge in [0.2, 0.25) is 0 Å². The minimum absolute atomic E-state index is 0.155. The highest BCUT2D eigenvalue weighted by Gasteiger charge is 2.30. The maximum absolute atomic E-state index is 13.6. The Morgan fingerprint density at radius 1 is 1.00 bits per heavy atom. The fraction of sp³-hybridized carbons (Fsp3) is 0.367. The van der Waals surface area contributed by atoms with Crippen LogP contribution in [0.2, 0.25) is 0 Å². The lowest BCUT2D eigenvalue weighted by atomic mass is 10.0. The van der Waals surface area contributed by atoms with Crippen molar-refractivity contribution in [2.45, 2.75) is 65.1 Å². The minimum atomic E-state index is -1.10. The largest absolute Gasteiger partial charge is 0.493 e. The Labute approximate surface area is 219 Å². The number of benzene rings is 2. The number of hydrogen-bond donors (Lipinski definition) is 2. The lowest BCUT2D eigenvalue weighted by Crippen LogP contribution is -2.41. The highest BCUT2D eigenvalue weighted by molar-refractivity contribution is 5.95. The standard InChI is InChI=1S/C29H36N2O3.CH2O2/c1-4-6-7-10-20-34-27-14-9-8-13-26(27)29(33)31(22(3)5-2)28(32)24-17-15-23(16-18-24)25-12-11-19-30-21-25;2-1-3/h8-9,11-19,21-22,29,33H,4-7,10,20H2,1-3H3;1H,(H,2,3). The van der Waals surface area contributed by atoms with Crippen LogP contribution < -0.4 is 4.74 Å². The molecular formula is C30H38N2O5. The SMILES string of the molecule is CCCCCCOc1ccccc1C(O)N(C(=O)c1ccc(-c2cccnc2)cc1)C(C)CC.O=CO. The van der Waals surface area contributed by atoms with Crippen LogP contribution in [0.4, 0.5) is 0 Å². The molecule has 0 aliphatic rings. The second kappa shape index (κ2) is 16.1. The van der Waals surface area contributed by atoms with Crippen molar-refractivity contribution >= 4 is 12.4 Å². The second-order valence-electron chi connectivity index (χ2n) is 8.71. The third-order valence-electron chi connectivity index (χ3n) is 6.14. The van der Waals surface area contributed by atoms with Gasteiger partial charge in [-0.1, -0.05) is 69.5 Å². The zero-order chi connectivity index (χ0) is 27.0. The molecule has 1 heterocycles. The first kappa shape index (κ1) is 29.5. The molecule has 0 fully saturated rings. The summed E-state index contributed by atoms with van der Waals surface area (Å²) in [6.07, 6.45) is 7.59. The fourth-order valence-corrected chi connectivity index (χ4v) is 3.92. The molecule has 2 atom stereocenters. The van der Waals surface area contributed by atoms with Gasteiger partial charge in [0, 0.05) is 29.6 Å². The number of amides is 1. The van der Waals surface area contributed by atoms with Gasteiger partial charge in [0.05, 0.1) is 6.61 Å². The smallest absolute Gasteiger partial charge is 0.290 e.